The van der Waals surface area contributed by atoms with E-state index in [1.165, 1.54) is 0 Å². The first kappa shape index (κ1) is 20.7. The number of aliphatic hydroxyl groups excluding tert-OH is 2. The van der Waals surface area contributed by atoms with Crippen molar-refractivity contribution in [2.75, 3.05) is 6.61 Å². The van der Waals surface area contributed by atoms with Crippen molar-refractivity contribution < 1.29 is 34.4 Å². The molecular formula is C22H30O7. The van der Waals surface area contributed by atoms with Crippen molar-refractivity contribution in [3.8, 4) is 0 Å². The van der Waals surface area contributed by atoms with Crippen LogP contribution in [0.5, 0.6) is 0 Å². The van der Waals surface area contributed by atoms with Crippen LogP contribution in [0.4, 0.5) is 0 Å². The first-order valence-corrected chi connectivity index (χ1v) is 10.5. The van der Waals surface area contributed by atoms with E-state index in [9.17, 15) is 29.7 Å². The van der Waals surface area contributed by atoms with Crippen molar-refractivity contribution in [2.45, 2.75) is 70.2 Å². The molecule has 4 aliphatic rings. The Hall–Kier alpha value is -1.57. The average molecular weight is 406 g/mol. The summed E-state index contributed by atoms with van der Waals surface area (Å²) in [5, 5.41) is 32.0. The summed E-state index contributed by atoms with van der Waals surface area (Å²) >= 11 is 0. The van der Waals surface area contributed by atoms with Gasteiger partial charge in [-0.3, -0.25) is 14.4 Å². The zero-order chi connectivity index (χ0) is 21.2. The predicted molar refractivity (Wildman–Crippen MR) is 101 cm³/mol. The Bertz CT molecular complexity index is 775. The number of carbonyl (C=O) groups excluding carboxylic acids is 3. The number of hydrogen-bond acceptors (Lipinski definition) is 7. The number of fused-ring (bicyclic) bond motifs is 5. The number of carbonyl (C=O) groups is 3. The largest absolute Gasteiger partial charge is 0.463 e. The highest BCUT2D eigenvalue weighted by atomic mass is 16.5. The summed E-state index contributed by atoms with van der Waals surface area (Å²) in [6.07, 6.45) is 2.85. The van der Waals surface area contributed by atoms with Crippen molar-refractivity contribution in [1.29, 1.82) is 0 Å². The molecule has 4 rings (SSSR count). The molecule has 8 atom stereocenters. The molecule has 0 spiro atoms. The number of ketones is 2. The quantitative estimate of drug-likeness (QED) is 0.594. The Morgan fingerprint density at radius 2 is 2.07 bits per heavy atom. The van der Waals surface area contributed by atoms with E-state index in [0.29, 0.717) is 19.3 Å². The highest BCUT2D eigenvalue weighted by Crippen LogP contribution is 2.67. The molecule has 3 saturated carbocycles. The fraction of sp³-hybridized carbons (Fsp3) is 0.773. The lowest BCUT2D eigenvalue weighted by atomic mass is 9.45. The van der Waals surface area contributed by atoms with Gasteiger partial charge in [-0.1, -0.05) is 19.4 Å². The summed E-state index contributed by atoms with van der Waals surface area (Å²) in [5.74, 6) is -0.852. The van der Waals surface area contributed by atoms with Crippen LogP contribution < -0.4 is 0 Å². The number of rotatable bonds is 4. The third-order valence-corrected chi connectivity index (χ3v) is 8.95. The summed E-state index contributed by atoms with van der Waals surface area (Å²) in [6.45, 7) is 3.49. The Morgan fingerprint density at radius 1 is 1.34 bits per heavy atom. The molecule has 0 aromatic carbocycles. The maximum Gasteiger partial charge on any atom is 0.293 e. The van der Waals surface area contributed by atoms with E-state index in [2.05, 4.69) is 0 Å². The van der Waals surface area contributed by atoms with Gasteiger partial charge in [0.1, 0.15) is 18.3 Å². The van der Waals surface area contributed by atoms with Gasteiger partial charge in [-0.05, 0) is 50.0 Å². The lowest BCUT2D eigenvalue weighted by Crippen LogP contribution is -2.64. The van der Waals surface area contributed by atoms with Gasteiger partial charge in [-0.2, -0.15) is 0 Å². The highest BCUT2D eigenvalue weighted by molar-refractivity contribution is 5.92. The van der Waals surface area contributed by atoms with Crippen LogP contribution in [0.25, 0.3) is 0 Å². The lowest BCUT2D eigenvalue weighted by molar-refractivity contribution is -0.194. The Labute approximate surface area is 170 Å². The molecule has 0 bridgehead atoms. The van der Waals surface area contributed by atoms with Gasteiger partial charge in [0.2, 0.25) is 0 Å². The van der Waals surface area contributed by atoms with Gasteiger partial charge in [0.05, 0.1) is 6.10 Å². The van der Waals surface area contributed by atoms with Gasteiger partial charge in [-0.15, -0.1) is 0 Å². The van der Waals surface area contributed by atoms with Gasteiger partial charge < -0.3 is 20.1 Å². The SMILES string of the molecule is C[C@]12C[C@H](O)[C@H]3[C@@H](CCC4=CC(=O)CC(OC=O)[C@@]43C)[C@@H]1CC[C@]2(O)C(=O)CO. The zero-order valence-electron chi connectivity index (χ0n) is 17.0. The minimum Gasteiger partial charge on any atom is -0.463 e. The molecule has 1 unspecified atom stereocenters. The van der Waals surface area contributed by atoms with Crippen LogP contribution in [-0.4, -0.2) is 57.8 Å². The van der Waals surface area contributed by atoms with Crippen molar-refractivity contribution in [2.24, 2.45) is 28.6 Å². The summed E-state index contributed by atoms with van der Waals surface area (Å²) < 4.78 is 5.37. The molecule has 3 N–H and O–H groups in total. The van der Waals surface area contributed by atoms with Crippen LogP contribution in [-0.2, 0) is 19.1 Å². The highest BCUT2D eigenvalue weighted by Gasteiger charge is 2.69. The predicted octanol–water partition coefficient (Wildman–Crippen LogP) is 0.933. The van der Waals surface area contributed by atoms with E-state index < -0.39 is 41.0 Å². The molecule has 0 aromatic heterocycles. The van der Waals surface area contributed by atoms with Crippen LogP contribution in [0.2, 0.25) is 0 Å². The summed E-state index contributed by atoms with van der Waals surface area (Å²) in [7, 11) is 0. The van der Waals surface area contributed by atoms with Crippen LogP contribution in [0, 0.1) is 28.6 Å². The summed E-state index contributed by atoms with van der Waals surface area (Å²) in [4.78, 5) is 35.8. The normalized spacial score (nSPS) is 48.8. The maximum atomic E-state index is 12.4. The topological polar surface area (TPSA) is 121 Å². The monoisotopic (exact) mass is 406 g/mol. The molecular weight excluding hydrogens is 376 g/mol. The number of ether oxygens (including phenoxy) is 1. The molecule has 3 fully saturated rings. The maximum absolute atomic E-state index is 12.4. The second-order valence-electron chi connectivity index (χ2n) is 9.85. The van der Waals surface area contributed by atoms with Crippen molar-refractivity contribution in [3.63, 3.8) is 0 Å². The lowest BCUT2D eigenvalue weighted by Gasteiger charge is -2.61. The van der Waals surface area contributed by atoms with Gasteiger partial charge >= 0.3 is 0 Å². The summed E-state index contributed by atoms with van der Waals surface area (Å²) in [6, 6.07) is 0. The smallest absolute Gasteiger partial charge is 0.293 e. The van der Waals surface area contributed by atoms with E-state index in [1.54, 1.807) is 6.08 Å². The fourth-order valence-corrected chi connectivity index (χ4v) is 7.55. The molecule has 7 heteroatoms. The van der Waals surface area contributed by atoms with Crippen LogP contribution in [0.15, 0.2) is 11.6 Å². The standard InChI is InChI=1S/C22H30O7/c1-20-9-16(26)19-14(15(20)5-6-22(20,28)17(27)10-23)4-3-12-7-13(25)8-18(29-11-24)21(12,19)2/h7,11,14-16,18-19,23,26,28H,3-6,8-10H2,1-2H3/t14-,15-,16-,18?,19+,20-,21+,22-/m0/s1. The van der Waals surface area contributed by atoms with Crippen LogP contribution >= 0.6 is 0 Å². The molecule has 0 radical (unpaired) electrons. The molecule has 0 aliphatic heterocycles. The van der Waals surface area contributed by atoms with Crippen molar-refractivity contribution in [3.05, 3.63) is 11.6 Å². The first-order chi connectivity index (χ1) is 13.6. The first-order valence-electron chi connectivity index (χ1n) is 10.5. The molecule has 0 aromatic rings. The van der Waals surface area contributed by atoms with Crippen molar-refractivity contribution >= 4 is 18.0 Å². The molecule has 4 aliphatic carbocycles. The molecule has 160 valence electrons. The van der Waals surface area contributed by atoms with E-state index in [0.717, 1.165) is 12.0 Å². The van der Waals surface area contributed by atoms with E-state index >= 15 is 0 Å². The second kappa shape index (κ2) is 6.72. The number of Topliss-reactive ketones (excluding diaryl/α,β-unsaturated/α-hetero) is 1. The van der Waals surface area contributed by atoms with Gasteiger partial charge in [-0.25, -0.2) is 0 Å². The number of aliphatic hydroxyl groups is 3. The zero-order valence-corrected chi connectivity index (χ0v) is 17.0. The molecule has 7 nitrogen and oxygen atoms in total. The van der Waals surface area contributed by atoms with Crippen molar-refractivity contribution in [1.82, 2.24) is 0 Å². The number of hydrogen-bond donors (Lipinski definition) is 3. The summed E-state index contributed by atoms with van der Waals surface area (Å²) in [5.41, 5.74) is -2.20. The Balaban J connectivity index is 1.77. The third kappa shape index (κ3) is 2.56. The Kier molecular flexibility index (Phi) is 4.80. The van der Waals surface area contributed by atoms with E-state index in [1.807, 2.05) is 13.8 Å². The van der Waals surface area contributed by atoms with Gasteiger partial charge in [0.25, 0.3) is 6.47 Å². The van der Waals surface area contributed by atoms with E-state index in [-0.39, 0.29) is 42.8 Å². The molecule has 29 heavy (non-hydrogen) atoms. The fourth-order valence-electron chi connectivity index (χ4n) is 7.55. The van der Waals surface area contributed by atoms with Gasteiger partial charge in [0.15, 0.2) is 11.6 Å². The van der Waals surface area contributed by atoms with Gasteiger partial charge in [0, 0.05) is 23.2 Å². The third-order valence-electron chi connectivity index (χ3n) is 8.95. The average Bonchev–Trinajstić information content (AvgIpc) is 2.94. The minimum atomic E-state index is -1.64. The van der Waals surface area contributed by atoms with Crippen LogP contribution in [0.1, 0.15) is 52.4 Å². The van der Waals surface area contributed by atoms with Crippen LogP contribution in [0.3, 0.4) is 0 Å². The Morgan fingerprint density at radius 3 is 2.72 bits per heavy atom. The van der Waals surface area contributed by atoms with E-state index in [4.69, 9.17) is 4.74 Å². The molecule has 0 amide bonds. The molecule has 0 heterocycles. The molecule has 0 saturated heterocycles. The second-order valence-corrected chi connectivity index (χ2v) is 9.85. The minimum absolute atomic E-state index is 0.00397.